The first kappa shape index (κ1) is 16.2. The van der Waals surface area contributed by atoms with Crippen LogP contribution in [-0.4, -0.2) is 17.4 Å². The Bertz CT molecular complexity index is 567. The highest BCUT2D eigenvalue weighted by molar-refractivity contribution is 5.78. The molecule has 0 fully saturated rings. The molecule has 1 aromatic carbocycles. The van der Waals surface area contributed by atoms with Gasteiger partial charge in [0.25, 0.3) is 0 Å². The maximum atomic E-state index is 12.1. The minimum absolute atomic E-state index is 0.0618. The number of rotatable bonds is 7. The normalized spacial score (nSPS) is 12.1. The first-order valence-electron chi connectivity index (χ1n) is 7.84. The molecule has 1 atom stereocenters. The summed E-state index contributed by atoms with van der Waals surface area (Å²) < 4.78 is 0. The second-order valence-corrected chi connectivity index (χ2v) is 6.04. The summed E-state index contributed by atoms with van der Waals surface area (Å²) in [6.07, 6.45) is 4.84. The molecule has 1 N–H and O–H groups in total. The molecule has 0 radical (unpaired) electrons. The fraction of sp³-hybridized carbons (Fsp3) is 0.368. The van der Waals surface area contributed by atoms with Crippen molar-refractivity contribution in [1.29, 1.82) is 0 Å². The molecule has 22 heavy (non-hydrogen) atoms. The van der Waals surface area contributed by atoms with Gasteiger partial charge in [0, 0.05) is 18.9 Å². The van der Waals surface area contributed by atoms with Crippen LogP contribution >= 0.6 is 0 Å². The van der Waals surface area contributed by atoms with Gasteiger partial charge in [-0.1, -0.05) is 50.2 Å². The first-order valence-corrected chi connectivity index (χ1v) is 7.84. The molecule has 0 saturated carbocycles. The van der Waals surface area contributed by atoms with E-state index in [2.05, 4.69) is 48.4 Å². The van der Waals surface area contributed by atoms with Crippen molar-refractivity contribution in [3.8, 4) is 0 Å². The Morgan fingerprint density at radius 2 is 1.82 bits per heavy atom. The van der Waals surface area contributed by atoms with Crippen LogP contribution in [0.3, 0.4) is 0 Å². The molecule has 0 aliphatic rings. The van der Waals surface area contributed by atoms with Gasteiger partial charge in [-0.2, -0.15) is 0 Å². The summed E-state index contributed by atoms with van der Waals surface area (Å²) in [6.45, 7) is 5.13. The Labute approximate surface area is 132 Å². The van der Waals surface area contributed by atoms with Crippen molar-refractivity contribution in [2.24, 2.45) is 11.8 Å². The SMILES string of the molecule is CC(C)[C@H](CNC(=O)Cc1cccnc1)Cc1ccccc1. The predicted molar refractivity (Wildman–Crippen MR) is 89.4 cm³/mol. The van der Waals surface area contributed by atoms with Crippen molar-refractivity contribution in [2.75, 3.05) is 6.54 Å². The average Bonchev–Trinajstić information content (AvgIpc) is 2.53. The number of hydrogen-bond acceptors (Lipinski definition) is 2. The van der Waals surface area contributed by atoms with Crippen molar-refractivity contribution in [3.05, 3.63) is 66.0 Å². The van der Waals surface area contributed by atoms with Crippen LogP contribution in [0.4, 0.5) is 0 Å². The smallest absolute Gasteiger partial charge is 0.224 e. The second kappa shape index (κ2) is 8.32. The zero-order valence-corrected chi connectivity index (χ0v) is 13.3. The zero-order chi connectivity index (χ0) is 15.8. The summed E-state index contributed by atoms with van der Waals surface area (Å²) in [5, 5.41) is 3.07. The topological polar surface area (TPSA) is 42.0 Å². The van der Waals surface area contributed by atoms with Crippen LogP contribution in [0.15, 0.2) is 54.9 Å². The minimum atomic E-state index is 0.0618. The lowest BCUT2D eigenvalue weighted by atomic mass is 9.89. The second-order valence-electron chi connectivity index (χ2n) is 6.04. The van der Waals surface area contributed by atoms with E-state index in [1.54, 1.807) is 12.4 Å². The van der Waals surface area contributed by atoms with E-state index in [4.69, 9.17) is 0 Å². The highest BCUT2D eigenvalue weighted by Crippen LogP contribution is 2.16. The van der Waals surface area contributed by atoms with Crippen LogP contribution < -0.4 is 5.32 Å². The van der Waals surface area contributed by atoms with Crippen molar-refractivity contribution in [2.45, 2.75) is 26.7 Å². The van der Waals surface area contributed by atoms with Crippen LogP contribution in [0.25, 0.3) is 0 Å². The number of benzene rings is 1. The molecule has 0 bridgehead atoms. The lowest BCUT2D eigenvalue weighted by molar-refractivity contribution is -0.120. The van der Waals surface area contributed by atoms with Gasteiger partial charge >= 0.3 is 0 Å². The number of carbonyl (C=O) groups is 1. The van der Waals surface area contributed by atoms with Crippen LogP contribution in [0, 0.1) is 11.8 Å². The fourth-order valence-electron chi connectivity index (χ4n) is 2.46. The molecule has 0 spiro atoms. The Balaban J connectivity index is 1.85. The Morgan fingerprint density at radius 1 is 1.09 bits per heavy atom. The van der Waals surface area contributed by atoms with Crippen molar-refractivity contribution < 1.29 is 4.79 Å². The van der Waals surface area contributed by atoms with Gasteiger partial charge in [-0.25, -0.2) is 0 Å². The van der Waals surface area contributed by atoms with Crippen molar-refractivity contribution in [1.82, 2.24) is 10.3 Å². The van der Waals surface area contributed by atoms with E-state index in [-0.39, 0.29) is 5.91 Å². The van der Waals surface area contributed by atoms with Gasteiger partial charge in [-0.3, -0.25) is 9.78 Å². The van der Waals surface area contributed by atoms with E-state index in [9.17, 15) is 4.79 Å². The molecule has 2 rings (SSSR count). The Hall–Kier alpha value is -2.16. The van der Waals surface area contributed by atoms with E-state index in [1.807, 2.05) is 18.2 Å². The largest absolute Gasteiger partial charge is 0.356 e. The molecule has 0 saturated heterocycles. The molecule has 2 aromatic rings. The molecule has 3 heteroatoms. The van der Waals surface area contributed by atoms with E-state index >= 15 is 0 Å². The molecule has 0 unspecified atom stereocenters. The first-order chi connectivity index (χ1) is 10.6. The molecule has 0 aliphatic heterocycles. The molecular weight excluding hydrogens is 272 g/mol. The number of nitrogens with zero attached hydrogens (tertiary/aromatic N) is 1. The number of aromatic nitrogens is 1. The third-order valence-electron chi connectivity index (χ3n) is 3.93. The van der Waals surface area contributed by atoms with Crippen LogP contribution in [-0.2, 0) is 17.6 Å². The van der Waals surface area contributed by atoms with Gasteiger partial charge in [0.2, 0.25) is 5.91 Å². The highest BCUT2D eigenvalue weighted by atomic mass is 16.1. The van der Waals surface area contributed by atoms with E-state index in [0.29, 0.717) is 24.8 Å². The monoisotopic (exact) mass is 296 g/mol. The molecule has 1 heterocycles. The van der Waals surface area contributed by atoms with Gasteiger partial charge in [-0.15, -0.1) is 0 Å². The standard InChI is InChI=1S/C19H24N2O/c1-15(2)18(11-16-7-4-3-5-8-16)14-21-19(22)12-17-9-6-10-20-13-17/h3-10,13,15,18H,11-12,14H2,1-2H3,(H,21,22)/t18-/m0/s1. The zero-order valence-electron chi connectivity index (χ0n) is 13.3. The van der Waals surface area contributed by atoms with E-state index < -0.39 is 0 Å². The lowest BCUT2D eigenvalue weighted by Crippen LogP contribution is -2.33. The summed E-state index contributed by atoms with van der Waals surface area (Å²) in [5.74, 6) is 1.03. The Morgan fingerprint density at radius 3 is 2.45 bits per heavy atom. The third-order valence-corrected chi connectivity index (χ3v) is 3.93. The third kappa shape index (κ3) is 5.32. The maximum Gasteiger partial charge on any atom is 0.224 e. The summed E-state index contributed by atoms with van der Waals surface area (Å²) in [5.41, 5.74) is 2.27. The quantitative estimate of drug-likeness (QED) is 0.852. The number of nitrogens with one attached hydrogen (secondary N) is 1. The van der Waals surface area contributed by atoms with Gasteiger partial charge < -0.3 is 5.32 Å². The van der Waals surface area contributed by atoms with E-state index in [1.165, 1.54) is 5.56 Å². The van der Waals surface area contributed by atoms with Crippen LogP contribution in [0.2, 0.25) is 0 Å². The fourth-order valence-corrected chi connectivity index (χ4v) is 2.46. The highest BCUT2D eigenvalue weighted by Gasteiger charge is 2.15. The average molecular weight is 296 g/mol. The molecule has 116 valence electrons. The van der Waals surface area contributed by atoms with Gasteiger partial charge in [-0.05, 0) is 35.4 Å². The summed E-state index contributed by atoms with van der Waals surface area (Å²) in [7, 11) is 0. The number of pyridine rings is 1. The summed E-state index contributed by atoms with van der Waals surface area (Å²) in [6, 6.07) is 14.2. The van der Waals surface area contributed by atoms with Crippen molar-refractivity contribution in [3.63, 3.8) is 0 Å². The number of hydrogen-bond donors (Lipinski definition) is 1. The molecule has 1 amide bonds. The summed E-state index contributed by atoms with van der Waals surface area (Å²) in [4.78, 5) is 16.1. The van der Waals surface area contributed by atoms with E-state index in [0.717, 1.165) is 12.0 Å². The van der Waals surface area contributed by atoms with Gasteiger partial charge in [0.1, 0.15) is 0 Å². The van der Waals surface area contributed by atoms with Crippen molar-refractivity contribution >= 4 is 5.91 Å². The van der Waals surface area contributed by atoms with Crippen LogP contribution in [0.5, 0.6) is 0 Å². The predicted octanol–water partition coefficient (Wildman–Crippen LogP) is 3.26. The molecular formula is C19H24N2O. The van der Waals surface area contributed by atoms with Gasteiger partial charge in [0.15, 0.2) is 0 Å². The molecule has 3 nitrogen and oxygen atoms in total. The minimum Gasteiger partial charge on any atom is -0.356 e. The summed E-state index contributed by atoms with van der Waals surface area (Å²) >= 11 is 0. The number of carbonyl (C=O) groups excluding carboxylic acids is 1. The number of amides is 1. The Kier molecular flexibility index (Phi) is 6.13. The van der Waals surface area contributed by atoms with Crippen LogP contribution in [0.1, 0.15) is 25.0 Å². The lowest BCUT2D eigenvalue weighted by Gasteiger charge is -2.21. The molecule has 1 aromatic heterocycles. The molecule has 0 aliphatic carbocycles. The van der Waals surface area contributed by atoms with Gasteiger partial charge in [0.05, 0.1) is 6.42 Å². The maximum absolute atomic E-state index is 12.1.